The molecule has 0 amide bonds. The van der Waals surface area contributed by atoms with Gasteiger partial charge in [-0.25, -0.2) is 19.8 Å². The van der Waals surface area contributed by atoms with Crippen LogP contribution in [0.4, 0.5) is 0 Å². The summed E-state index contributed by atoms with van der Waals surface area (Å²) in [6.45, 7) is 0.455. The van der Waals surface area contributed by atoms with E-state index < -0.39 is 0 Å². The molecule has 11 heavy (non-hydrogen) atoms. The molecule has 0 aliphatic carbocycles. The third-order valence-electron chi connectivity index (χ3n) is 1.19. The van der Waals surface area contributed by atoms with Crippen LogP contribution >= 0.6 is 0 Å². The summed E-state index contributed by atoms with van der Waals surface area (Å²) in [6.07, 6.45) is 7.03. The number of hydrogen-bond acceptors (Lipinski definition) is 4. The Bertz CT molecular complexity index is 254. The summed E-state index contributed by atoms with van der Waals surface area (Å²) >= 11 is 0. The van der Waals surface area contributed by atoms with E-state index in [0.29, 0.717) is 13.0 Å². The van der Waals surface area contributed by atoms with Crippen molar-refractivity contribution in [3.05, 3.63) is 24.3 Å². The van der Waals surface area contributed by atoms with E-state index >= 15 is 0 Å². The van der Waals surface area contributed by atoms with Gasteiger partial charge in [0, 0.05) is 12.4 Å². The lowest BCUT2D eigenvalue weighted by Gasteiger charge is -1.92. The topological polar surface area (TPSA) is 55.2 Å². The molecule has 0 radical (unpaired) electrons. The number of aromatic nitrogens is 2. The molecular formula is C7H7N3O. The third kappa shape index (κ3) is 2.69. The molecule has 1 aromatic heterocycles. The van der Waals surface area contributed by atoms with Crippen LogP contribution in [0.3, 0.4) is 0 Å². The highest BCUT2D eigenvalue weighted by molar-refractivity contribution is 5.32. The fourth-order valence-corrected chi connectivity index (χ4v) is 0.690. The molecule has 0 saturated carbocycles. The second-order valence-corrected chi connectivity index (χ2v) is 1.97. The first-order valence-corrected chi connectivity index (χ1v) is 3.21. The van der Waals surface area contributed by atoms with Crippen molar-refractivity contribution < 1.29 is 4.79 Å². The molecule has 0 atom stereocenters. The SMILES string of the molecule is O=C=NCCc1cncnc1. The summed E-state index contributed by atoms with van der Waals surface area (Å²) in [6, 6.07) is 0. The Labute approximate surface area is 64.0 Å². The molecule has 0 aliphatic rings. The molecule has 0 bridgehead atoms. The minimum Gasteiger partial charge on any atom is -0.245 e. The van der Waals surface area contributed by atoms with Gasteiger partial charge in [-0.2, -0.15) is 0 Å². The Hall–Kier alpha value is -1.54. The van der Waals surface area contributed by atoms with Crippen molar-refractivity contribution in [2.24, 2.45) is 4.99 Å². The van der Waals surface area contributed by atoms with Gasteiger partial charge in [0.1, 0.15) is 6.33 Å². The fourth-order valence-electron chi connectivity index (χ4n) is 0.690. The highest BCUT2D eigenvalue weighted by atomic mass is 16.1. The molecule has 56 valence electrons. The van der Waals surface area contributed by atoms with Crippen LogP contribution in [0.1, 0.15) is 5.56 Å². The van der Waals surface area contributed by atoms with Gasteiger partial charge < -0.3 is 0 Å². The summed E-state index contributed by atoms with van der Waals surface area (Å²) in [5.74, 6) is 0. The van der Waals surface area contributed by atoms with E-state index in [0.717, 1.165) is 5.56 Å². The summed E-state index contributed by atoms with van der Waals surface area (Å²) in [7, 11) is 0. The first-order valence-electron chi connectivity index (χ1n) is 3.21. The van der Waals surface area contributed by atoms with Crippen molar-refractivity contribution in [2.45, 2.75) is 6.42 Å². The molecule has 1 aromatic rings. The van der Waals surface area contributed by atoms with E-state index in [1.54, 1.807) is 12.4 Å². The van der Waals surface area contributed by atoms with Crippen LogP contribution in [0.25, 0.3) is 0 Å². The van der Waals surface area contributed by atoms with Crippen LogP contribution in [0, 0.1) is 0 Å². The van der Waals surface area contributed by atoms with E-state index in [9.17, 15) is 4.79 Å². The Morgan fingerprint density at radius 1 is 1.45 bits per heavy atom. The zero-order valence-corrected chi connectivity index (χ0v) is 5.90. The van der Waals surface area contributed by atoms with E-state index in [2.05, 4.69) is 15.0 Å². The van der Waals surface area contributed by atoms with Gasteiger partial charge in [-0.1, -0.05) is 0 Å². The maximum absolute atomic E-state index is 9.67. The molecule has 1 rings (SSSR count). The largest absolute Gasteiger partial charge is 0.245 e. The monoisotopic (exact) mass is 149 g/mol. The Balaban J connectivity index is 2.45. The van der Waals surface area contributed by atoms with Gasteiger partial charge in [0.25, 0.3) is 0 Å². The zero-order chi connectivity index (χ0) is 7.94. The molecule has 4 nitrogen and oxygen atoms in total. The molecule has 1 heterocycles. The molecule has 0 N–H and O–H groups in total. The van der Waals surface area contributed by atoms with Gasteiger partial charge in [0.2, 0.25) is 6.08 Å². The lowest BCUT2D eigenvalue weighted by atomic mass is 10.2. The van der Waals surface area contributed by atoms with Gasteiger partial charge in [0.15, 0.2) is 0 Å². The lowest BCUT2D eigenvalue weighted by molar-refractivity contribution is 0.563. The number of aliphatic imine (C=N–C) groups is 1. The average Bonchev–Trinajstić information content (AvgIpc) is 2.07. The van der Waals surface area contributed by atoms with E-state index in [1.165, 1.54) is 12.4 Å². The molecule has 0 unspecified atom stereocenters. The molecule has 0 aromatic carbocycles. The number of rotatable bonds is 3. The summed E-state index contributed by atoms with van der Waals surface area (Å²) in [5, 5.41) is 0. The molecular weight excluding hydrogens is 142 g/mol. The van der Waals surface area contributed by atoms with Crippen LogP contribution in [0.2, 0.25) is 0 Å². The average molecular weight is 149 g/mol. The quantitative estimate of drug-likeness (QED) is 0.460. The highest BCUT2D eigenvalue weighted by Gasteiger charge is 1.89. The van der Waals surface area contributed by atoms with Gasteiger partial charge >= 0.3 is 0 Å². The molecule has 4 heteroatoms. The number of carbonyl (C=O) groups excluding carboxylic acids is 1. The second-order valence-electron chi connectivity index (χ2n) is 1.97. The van der Waals surface area contributed by atoms with Crippen LogP contribution in [0.5, 0.6) is 0 Å². The molecule has 0 spiro atoms. The third-order valence-corrected chi connectivity index (χ3v) is 1.19. The van der Waals surface area contributed by atoms with Gasteiger partial charge in [-0.15, -0.1) is 0 Å². The lowest BCUT2D eigenvalue weighted by Crippen LogP contribution is -1.90. The second kappa shape index (κ2) is 4.30. The van der Waals surface area contributed by atoms with Crippen molar-refractivity contribution in [2.75, 3.05) is 6.54 Å². The fraction of sp³-hybridized carbons (Fsp3) is 0.286. The van der Waals surface area contributed by atoms with Crippen LogP contribution in [0.15, 0.2) is 23.7 Å². The van der Waals surface area contributed by atoms with Crippen molar-refractivity contribution in [1.29, 1.82) is 0 Å². The normalized spacial score (nSPS) is 8.73. The predicted molar refractivity (Wildman–Crippen MR) is 38.7 cm³/mol. The Kier molecular flexibility index (Phi) is 2.96. The van der Waals surface area contributed by atoms with Crippen LogP contribution in [-0.2, 0) is 11.2 Å². The van der Waals surface area contributed by atoms with E-state index in [-0.39, 0.29) is 0 Å². The Morgan fingerprint density at radius 2 is 2.18 bits per heavy atom. The van der Waals surface area contributed by atoms with Gasteiger partial charge in [-0.3, -0.25) is 0 Å². The maximum Gasteiger partial charge on any atom is 0.234 e. The van der Waals surface area contributed by atoms with E-state index in [4.69, 9.17) is 0 Å². The summed E-state index contributed by atoms with van der Waals surface area (Å²) < 4.78 is 0. The van der Waals surface area contributed by atoms with E-state index in [1.807, 2.05) is 0 Å². The molecule has 0 aliphatic heterocycles. The Morgan fingerprint density at radius 3 is 2.82 bits per heavy atom. The minimum atomic E-state index is 0.455. The van der Waals surface area contributed by atoms with Crippen molar-refractivity contribution in [1.82, 2.24) is 9.97 Å². The summed E-state index contributed by atoms with van der Waals surface area (Å²) in [4.78, 5) is 20.7. The first kappa shape index (κ1) is 7.57. The van der Waals surface area contributed by atoms with Crippen molar-refractivity contribution >= 4 is 6.08 Å². The summed E-state index contributed by atoms with van der Waals surface area (Å²) in [5.41, 5.74) is 0.978. The standard InChI is InChI=1S/C7H7N3O/c11-6-8-2-1-7-3-9-5-10-4-7/h3-5H,1-2H2. The van der Waals surface area contributed by atoms with Gasteiger partial charge in [0.05, 0.1) is 6.54 Å². The number of isocyanates is 1. The predicted octanol–water partition coefficient (Wildman–Crippen LogP) is 0.355. The smallest absolute Gasteiger partial charge is 0.234 e. The minimum absolute atomic E-state index is 0.455. The van der Waals surface area contributed by atoms with Crippen molar-refractivity contribution in [3.63, 3.8) is 0 Å². The maximum atomic E-state index is 9.67. The molecule has 0 fully saturated rings. The number of hydrogen-bond donors (Lipinski definition) is 0. The number of nitrogens with zero attached hydrogens (tertiary/aromatic N) is 3. The van der Waals surface area contributed by atoms with Gasteiger partial charge in [-0.05, 0) is 12.0 Å². The van der Waals surface area contributed by atoms with Crippen LogP contribution < -0.4 is 0 Å². The first-order chi connectivity index (χ1) is 5.43. The van der Waals surface area contributed by atoms with Crippen LogP contribution in [-0.4, -0.2) is 22.6 Å². The zero-order valence-electron chi connectivity index (χ0n) is 5.90. The highest BCUT2D eigenvalue weighted by Crippen LogP contribution is 1.93. The van der Waals surface area contributed by atoms with Crippen molar-refractivity contribution in [3.8, 4) is 0 Å². The molecule has 0 saturated heterocycles.